The number of nitrogens with zero attached hydrogens (tertiary/aromatic N) is 3. The highest BCUT2D eigenvalue weighted by Gasteiger charge is 2.36. The molecule has 1 atom stereocenters. The van der Waals surface area contributed by atoms with Crippen LogP contribution in [0.25, 0.3) is 6.08 Å². The molecule has 1 amide bonds. The summed E-state index contributed by atoms with van der Waals surface area (Å²) < 4.78 is 20.2. The molecule has 2 heterocycles. The third-order valence-electron chi connectivity index (χ3n) is 6.56. The molecule has 1 aliphatic rings. The van der Waals surface area contributed by atoms with Crippen molar-refractivity contribution in [3.8, 4) is 17.2 Å². The van der Waals surface area contributed by atoms with E-state index in [1.54, 1.807) is 42.9 Å². The molecule has 4 rings (SSSR count). The van der Waals surface area contributed by atoms with Crippen molar-refractivity contribution in [1.29, 1.82) is 0 Å². The van der Waals surface area contributed by atoms with Crippen LogP contribution in [0.15, 0.2) is 60.3 Å². The van der Waals surface area contributed by atoms with E-state index < -0.39 is 6.04 Å². The van der Waals surface area contributed by atoms with Gasteiger partial charge < -0.3 is 19.1 Å². The second kappa shape index (κ2) is 12.1. The highest BCUT2D eigenvalue weighted by molar-refractivity contribution is 9.11. The van der Waals surface area contributed by atoms with Crippen LogP contribution in [0.3, 0.4) is 0 Å². The summed E-state index contributed by atoms with van der Waals surface area (Å²) in [5, 5.41) is 0. The van der Waals surface area contributed by atoms with E-state index in [9.17, 15) is 9.59 Å². The summed E-state index contributed by atoms with van der Waals surface area (Å²) in [4.78, 5) is 34.9. The van der Waals surface area contributed by atoms with E-state index in [2.05, 4.69) is 31.9 Å². The van der Waals surface area contributed by atoms with Gasteiger partial charge in [0.05, 0.1) is 46.1 Å². The molecule has 3 aromatic rings. The molecule has 0 unspecified atom stereocenters. The Morgan fingerprint density at radius 3 is 2.31 bits per heavy atom. The normalized spacial score (nSPS) is 15.1. The molecule has 11 heteroatoms. The summed E-state index contributed by atoms with van der Waals surface area (Å²) in [5.41, 5.74) is 2.17. The molecule has 8 nitrogen and oxygen atoms in total. The van der Waals surface area contributed by atoms with Gasteiger partial charge in [-0.3, -0.25) is 14.2 Å². The van der Waals surface area contributed by atoms with Gasteiger partial charge in [0, 0.05) is 18.7 Å². The van der Waals surface area contributed by atoms with Crippen LogP contribution >= 0.6 is 43.2 Å². The Morgan fingerprint density at radius 2 is 1.74 bits per heavy atom. The van der Waals surface area contributed by atoms with E-state index in [1.165, 1.54) is 11.3 Å². The van der Waals surface area contributed by atoms with Crippen LogP contribution in [0.5, 0.6) is 17.2 Å². The van der Waals surface area contributed by atoms with Gasteiger partial charge >= 0.3 is 0 Å². The van der Waals surface area contributed by atoms with Gasteiger partial charge in [0.1, 0.15) is 23.3 Å². The standard InChI is InChI=1S/C28H29Br2N3O5S/c1-7-32(8-2)27(35)23-15(3)31-28-33(24(23)18-14-17(36-4)9-10-21(18)37-5)26(34)22(39-28)13-16-11-19(29)25(38-6)20(30)12-16/h9-14,24H,7-8H2,1-6H3/b22-13+/t24-/m1/s1. The summed E-state index contributed by atoms with van der Waals surface area (Å²) in [6, 6.07) is 8.39. The molecule has 2 aromatic carbocycles. The molecule has 0 saturated heterocycles. The fourth-order valence-corrected chi connectivity index (χ4v) is 7.22. The van der Waals surface area contributed by atoms with E-state index in [-0.39, 0.29) is 11.5 Å². The number of carbonyl (C=O) groups excluding carboxylic acids is 1. The number of benzene rings is 2. The molecule has 0 saturated carbocycles. The van der Waals surface area contributed by atoms with Crippen LogP contribution in [0.4, 0.5) is 0 Å². The van der Waals surface area contributed by atoms with Crippen molar-refractivity contribution in [1.82, 2.24) is 9.47 Å². The average Bonchev–Trinajstić information content (AvgIpc) is 3.21. The first-order chi connectivity index (χ1) is 18.7. The molecule has 1 aliphatic heterocycles. The van der Waals surface area contributed by atoms with E-state index >= 15 is 0 Å². The molecule has 0 bridgehead atoms. The number of carbonyl (C=O) groups is 1. The van der Waals surface area contributed by atoms with Crippen molar-refractivity contribution in [3.63, 3.8) is 0 Å². The fraction of sp³-hybridized carbons (Fsp3) is 0.321. The Hall–Kier alpha value is -2.89. The van der Waals surface area contributed by atoms with Gasteiger partial charge in [-0.05, 0) is 94.6 Å². The average molecular weight is 679 g/mol. The molecule has 1 aromatic heterocycles. The predicted octanol–water partition coefficient (Wildman–Crippen LogP) is 4.65. The monoisotopic (exact) mass is 677 g/mol. The maximum absolute atomic E-state index is 14.0. The topological polar surface area (TPSA) is 82.4 Å². The molecule has 0 N–H and O–H groups in total. The number of fused-ring (bicyclic) bond motifs is 1. The highest BCUT2D eigenvalue weighted by Crippen LogP contribution is 2.38. The Balaban J connectivity index is 2.02. The second-order valence-corrected chi connectivity index (χ2v) is 11.4. The van der Waals surface area contributed by atoms with Crippen molar-refractivity contribution in [2.24, 2.45) is 4.99 Å². The fourth-order valence-electron chi connectivity index (χ4n) is 4.63. The second-order valence-electron chi connectivity index (χ2n) is 8.68. The zero-order chi connectivity index (χ0) is 28.4. The van der Waals surface area contributed by atoms with Gasteiger partial charge in [-0.1, -0.05) is 11.3 Å². The van der Waals surface area contributed by atoms with Crippen molar-refractivity contribution in [3.05, 3.63) is 81.4 Å². The lowest BCUT2D eigenvalue weighted by molar-refractivity contribution is -0.127. The number of methoxy groups -OCH3 is 3. The van der Waals surface area contributed by atoms with E-state index in [0.717, 1.165) is 14.5 Å². The lowest BCUT2D eigenvalue weighted by Gasteiger charge is -2.30. The number of hydrogen-bond donors (Lipinski definition) is 0. The van der Waals surface area contributed by atoms with E-state index in [1.807, 2.05) is 45.0 Å². The molecule has 0 aliphatic carbocycles. The number of hydrogen-bond acceptors (Lipinski definition) is 7. The van der Waals surface area contributed by atoms with Gasteiger partial charge in [-0.2, -0.15) is 0 Å². The number of amides is 1. The number of allylic oxidation sites excluding steroid dienone is 1. The maximum atomic E-state index is 14.0. The molecule has 0 radical (unpaired) electrons. The van der Waals surface area contributed by atoms with Crippen molar-refractivity contribution >= 4 is 55.2 Å². The molecular weight excluding hydrogens is 650 g/mol. The summed E-state index contributed by atoms with van der Waals surface area (Å²) in [7, 11) is 4.73. The third kappa shape index (κ3) is 5.44. The van der Waals surface area contributed by atoms with Gasteiger partial charge in [0.25, 0.3) is 11.5 Å². The first-order valence-electron chi connectivity index (χ1n) is 12.3. The maximum Gasteiger partial charge on any atom is 0.271 e. The van der Waals surface area contributed by atoms with Gasteiger partial charge in [-0.15, -0.1) is 0 Å². The SMILES string of the molecule is CCN(CC)C(=O)C1=C(C)N=c2s/c(=C/c3cc(Br)c(OC)c(Br)c3)c(=O)n2[C@@H]1c1cc(OC)ccc1OC. The van der Waals surface area contributed by atoms with Gasteiger partial charge in [0.15, 0.2) is 4.80 Å². The first-order valence-corrected chi connectivity index (χ1v) is 14.7. The molecule has 206 valence electrons. The molecule has 39 heavy (non-hydrogen) atoms. The van der Waals surface area contributed by atoms with Crippen LogP contribution in [-0.2, 0) is 4.79 Å². The van der Waals surface area contributed by atoms with Crippen molar-refractivity contribution in [2.75, 3.05) is 34.4 Å². The summed E-state index contributed by atoms with van der Waals surface area (Å²) in [6.45, 7) is 6.72. The first kappa shape index (κ1) is 29.1. The van der Waals surface area contributed by atoms with E-state index in [0.29, 0.717) is 56.5 Å². The summed E-state index contributed by atoms with van der Waals surface area (Å²) in [6.07, 6.45) is 1.81. The Labute approximate surface area is 247 Å². The minimum Gasteiger partial charge on any atom is -0.497 e. The minimum atomic E-state index is -0.754. The number of halogens is 2. The van der Waals surface area contributed by atoms with Crippen LogP contribution in [0.2, 0.25) is 0 Å². The number of ether oxygens (including phenoxy) is 3. The number of thiazole rings is 1. The third-order valence-corrected chi connectivity index (χ3v) is 8.72. The van der Waals surface area contributed by atoms with Gasteiger partial charge in [-0.25, -0.2) is 4.99 Å². The zero-order valence-electron chi connectivity index (χ0n) is 22.5. The quantitative estimate of drug-likeness (QED) is 0.347. The van der Waals surface area contributed by atoms with Crippen molar-refractivity contribution in [2.45, 2.75) is 26.8 Å². The Kier molecular flexibility index (Phi) is 9.03. The van der Waals surface area contributed by atoms with E-state index in [4.69, 9.17) is 19.2 Å². The van der Waals surface area contributed by atoms with Crippen LogP contribution in [0, 0.1) is 0 Å². The molecular formula is C28H29Br2N3O5S. The summed E-state index contributed by atoms with van der Waals surface area (Å²) in [5.74, 6) is 1.62. The summed E-state index contributed by atoms with van der Waals surface area (Å²) >= 11 is 8.33. The van der Waals surface area contributed by atoms with Crippen LogP contribution in [-0.4, -0.2) is 49.8 Å². The zero-order valence-corrected chi connectivity index (χ0v) is 26.5. The van der Waals surface area contributed by atoms with Crippen LogP contribution in [0.1, 0.15) is 37.9 Å². The predicted molar refractivity (Wildman–Crippen MR) is 160 cm³/mol. The van der Waals surface area contributed by atoms with Crippen molar-refractivity contribution < 1.29 is 19.0 Å². The lowest BCUT2D eigenvalue weighted by atomic mass is 9.93. The Bertz CT molecular complexity index is 1620. The number of rotatable bonds is 8. The van der Waals surface area contributed by atoms with Crippen LogP contribution < -0.4 is 29.1 Å². The number of aromatic nitrogens is 1. The molecule has 0 spiro atoms. The minimum absolute atomic E-state index is 0.173. The smallest absolute Gasteiger partial charge is 0.271 e. The largest absolute Gasteiger partial charge is 0.497 e. The van der Waals surface area contributed by atoms with Gasteiger partial charge in [0.2, 0.25) is 0 Å². The highest BCUT2D eigenvalue weighted by atomic mass is 79.9. The Morgan fingerprint density at radius 1 is 1.08 bits per heavy atom. The molecule has 0 fully saturated rings. The lowest BCUT2D eigenvalue weighted by Crippen LogP contribution is -2.43. The number of likely N-dealkylation sites (N-methyl/N-ethyl adjacent to an activating group) is 1.